The summed E-state index contributed by atoms with van der Waals surface area (Å²) in [5, 5.41) is 2.94. The number of hydrogen-bond acceptors (Lipinski definition) is 4. The number of amides is 2. The highest BCUT2D eigenvalue weighted by molar-refractivity contribution is 5.86. The second-order valence-electron chi connectivity index (χ2n) is 7.02. The molecule has 148 valence electrons. The second kappa shape index (κ2) is 9.35. The molecule has 0 saturated carbocycles. The second-order valence-corrected chi connectivity index (χ2v) is 7.02. The normalized spacial score (nSPS) is 16.3. The standard InChI is InChI=1S/C22H28N4O2/c1-3-25(4-2)22-18(11-8-12-23-22)14-24-20(27)16-26-15-19(13-21(26)28)17-9-6-5-7-10-17/h5-12,19H,3-4,13-16H2,1-2H3,(H,24,27)/t19-/m0/s1. The average Bonchev–Trinajstić information content (AvgIpc) is 3.09. The van der Waals surface area contributed by atoms with Crippen molar-refractivity contribution in [2.24, 2.45) is 0 Å². The van der Waals surface area contributed by atoms with E-state index in [1.54, 1.807) is 11.1 Å². The predicted octanol–water partition coefficient (Wildman–Crippen LogP) is 2.56. The summed E-state index contributed by atoms with van der Waals surface area (Å²) < 4.78 is 0. The van der Waals surface area contributed by atoms with E-state index in [0.717, 1.165) is 30.0 Å². The largest absolute Gasteiger partial charge is 0.357 e. The molecule has 0 radical (unpaired) electrons. The van der Waals surface area contributed by atoms with Gasteiger partial charge in [0.15, 0.2) is 0 Å². The predicted molar refractivity (Wildman–Crippen MR) is 110 cm³/mol. The van der Waals surface area contributed by atoms with E-state index in [0.29, 0.717) is 19.5 Å². The van der Waals surface area contributed by atoms with Crippen LogP contribution in [0.2, 0.25) is 0 Å². The zero-order chi connectivity index (χ0) is 19.9. The number of hydrogen-bond donors (Lipinski definition) is 1. The number of pyridine rings is 1. The molecule has 0 bridgehead atoms. The number of rotatable bonds is 8. The number of anilines is 1. The maximum atomic E-state index is 12.4. The molecule has 3 rings (SSSR count). The fourth-order valence-electron chi connectivity index (χ4n) is 3.67. The van der Waals surface area contributed by atoms with Gasteiger partial charge in [0.05, 0.1) is 6.54 Å². The fraction of sp³-hybridized carbons (Fsp3) is 0.409. The Bertz CT molecular complexity index is 805. The Balaban J connectivity index is 1.56. The summed E-state index contributed by atoms with van der Waals surface area (Å²) in [5.74, 6) is 0.953. The average molecular weight is 380 g/mol. The molecule has 1 fully saturated rings. The summed E-state index contributed by atoms with van der Waals surface area (Å²) in [5.41, 5.74) is 2.13. The molecular formula is C22H28N4O2. The molecule has 28 heavy (non-hydrogen) atoms. The smallest absolute Gasteiger partial charge is 0.239 e. The Morgan fingerprint density at radius 1 is 1.18 bits per heavy atom. The summed E-state index contributed by atoms with van der Waals surface area (Å²) in [7, 11) is 0. The molecule has 2 aromatic rings. The van der Waals surface area contributed by atoms with Gasteiger partial charge < -0.3 is 15.1 Å². The van der Waals surface area contributed by atoms with Crippen LogP contribution in [0, 0.1) is 0 Å². The van der Waals surface area contributed by atoms with Gasteiger partial charge in [0.25, 0.3) is 0 Å². The van der Waals surface area contributed by atoms with Crippen molar-refractivity contribution in [2.45, 2.75) is 32.7 Å². The third-order valence-electron chi connectivity index (χ3n) is 5.23. The van der Waals surface area contributed by atoms with Crippen molar-refractivity contribution in [1.29, 1.82) is 0 Å². The molecule has 6 nitrogen and oxygen atoms in total. The van der Waals surface area contributed by atoms with Crippen molar-refractivity contribution in [2.75, 3.05) is 31.1 Å². The molecule has 1 saturated heterocycles. The highest BCUT2D eigenvalue weighted by Gasteiger charge is 2.31. The maximum absolute atomic E-state index is 12.4. The fourth-order valence-corrected chi connectivity index (χ4v) is 3.67. The summed E-state index contributed by atoms with van der Waals surface area (Å²) in [6.45, 7) is 6.99. The van der Waals surface area contributed by atoms with Gasteiger partial charge in [-0.05, 0) is 25.5 Å². The first kappa shape index (κ1) is 19.9. The van der Waals surface area contributed by atoms with E-state index in [1.807, 2.05) is 42.5 Å². The molecule has 1 atom stereocenters. The van der Waals surface area contributed by atoms with Gasteiger partial charge in [-0.2, -0.15) is 0 Å². The van der Waals surface area contributed by atoms with E-state index in [2.05, 4.69) is 29.0 Å². The number of carbonyl (C=O) groups is 2. The highest BCUT2D eigenvalue weighted by Crippen LogP contribution is 2.27. The van der Waals surface area contributed by atoms with Gasteiger partial charge >= 0.3 is 0 Å². The zero-order valence-electron chi connectivity index (χ0n) is 16.6. The number of likely N-dealkylation sites (tertiary alicyclic amines) is 1. The van der Waals surface area contributed by atoms with Gasteiger partial charge in [-0.25, -0.2) is 4.98 Å². The molecular weight excluding hydrogens is 352 g/mol. The van der Waals surface area contributed by atoms with Crippen LogP contribution >= 0.6 is 0 Å². The Morgan fingerprint density at radius 2 is 1.93 bits per heavy atom. The molecule has 0 unspecified atom stereocenters. The first-order chi connectivity index (χ1) is 13.6. The van der Waals surface area contributed by atoms with Crippen LogP contribution in [0.15, 0.2) is 48.7 Å². The molecule has 1 aliphatic heterocycles. The van der Waals surface area contributed by atoms with Crippen LogP contribution in [0.25, 0.3) is 0 Å². The van der Waals surface area contributed by atoms with Crippen molar-refractivity contribution < 1.29 is 9.59 Å². The van der Waals surface area contributed by atoms with Crippen LogP contribution < -0.4 is 10.2 Å². The molecule has 0 spiro atoms. The lowest BCUT2D eigenvalue weighted by Gasteiger charge is -2.23. The van der Waals surface area contributed by atoms with Crippen LogP contribution in [-0.4, -0.2) is 47.9 Å². The Labute approximate surface area is 166 Å². The van der Waals surface area contributed by atoms with E-state index in [9.17, 15) is 9.59 Å². The van der Waals surface area contributed by atoms with Crippen molar-refractivity contribution in [3.8, 4) is 0 Å². The minimum absolute atomic E-state index is 0.0363. The summed E-state index contributed by atoms with van der Waals surface area (Å²) >= 11 is 0. The first-order valence-electron chi connectivity index (χ1n) is 9.90. The van der Waals surface area contributed by atoms with Gasteiger partial charge in [0, 0.05) is 50.3 Å². The van der Waals surface area contributed by atoms with Gasteiger partial charge in [0.2, 0.25) is 11.8 Å². The molecule has 2 heterocycles. The Morgan fingerprint density at radius 3 is 2.64 bits per heavy atom. The van der Waals surface area contributed by atoms with Crippen LogP contribution in [0.4, 0.5) is 5.82 Å². The highest BCUT2D eigenvalue weighted by atomic mass is 16.2. The molecule has 1 aromatic heterocycles. The van der Waals surface area contributed by atoms with Crippen molar-refractivity contribution in [1.82, 2.24) is 15.2 Å². The molecule has 6 heteroatoms. The van der Waals surface area contributed by atoms with Gasteiger partial charge in [-0.1, -0.05) is 36.4 Å². The summed E-state index contributed by atoms with van der Waals surface area (Å²) in [6, 6.07) is 13.9. The van der Waals surface area contributed by atoms with Crippen LogP contribution in [-0.2, 0) is 16.1 Å². The first-order valence-corrected chi connectivity index (χ1v) is 9.90. The topological polar surface area (TPSA) is 65.5 Å². The Kier molecular flexibility index (Phi) is 6.63. The lowest BCUT2D eigenvalue weighted by Crippen LogP contribution is -2.38. The number of carbonyl (C=O) groups excluding carboxylic acids is 2. The monoisotopic (exact) mass is 380 g/mol. The molecule has 1 aliphatic rings. The Hall–Kier alpha value is -2.89. The van der Waals surface area contributed by atoms with Crippen LogP contribution in [0.1, 0.15) is 37.3 Å². The maximum Gasteiger partial charge on any atom is 0.239 e. The van der Waals surface area contributed by atoms with Gasteiger partial charge in [0.1, 0.15) is 5.82 Å². The number of nitrogens with zero attached hydrogens (tertiary/aromatic N) is 3. The lowest BCUT2D eigenvalue weighted by atomic mass is 9.99. The lowest BCUT2D eigenvalue weighted by molar-refractivity contribution is -0.133. The summed E-state index contributed by atoms with van der Waals surface area (Å²) in [4.78, 5) is 33.0. The van der Waals surface area contributed by atoms with Crippen molar-refractivity contribution in [3.05, 3.63) is 59.8 Å². The zero-order valence-corrected chi connectivity index (χ0v) is 16.6. The van der Waals surface area contributed by atoms with E-state index < -0.39 is 0 Å². The number of benzene rings is 1. The molecule has 1 N–H and O–H groups in total. The number of aromatic nitrogens is 1. The van der Waals surface area contributed by atoms with E-state index in [1.165, 1.54) is 0 Å². The third-order valence-corrected chi connectivity index (χ3v) is 5.23. The SMILES string of the molecule is CCN(CC)c1ncccc1CNC(=O)CN1C[C@@H](c2ccccc2)CC1=O. The summed E-state index contributed by atoms with van der Waals surface area (Å²) in [6.07, 6.45) is 2.23. The molecule has 1 aromatic carbocycles. The minimum atomic E-state index is -0.142. The quantitative estimate of drug-likeness (QED) is 0.764. The van der Waals surface area contributed by atoms with Crippen LogP contribution in [0.5, 0.6) is 0 Å². The van der Waals surface area contributed by atoms with Crippen LogP contribution in [0.3, 0.4) is 0 Å². The van der Waals surface area contributed by atoms with E-state index in [-0.39, 0.29) is 24.3 Å². The van der Waals surface area contributed by atoms with Crippen molar-refractivity contribution in [3.63, 3.8) is 0 Å². The third kappa shape index (κ3) is 4.68. The minimum Gasteiger partial charge on any atom is -0.357 e. The van der Waals surface area contributed by atoms with Gasteiger partial charge in [-0.3, -0.25) is 9.59 Å². The van der Waals surface area contributed by atoms with Gasteiger partial charge in [-0.15, -0.1) is 0 Å². The van der Waals surface area contributed by atoms with E-state index >= 15 is 0 Å². The number of nitrogens with one attached hydrogen (secondary N) is 1. The van der Waals surface area contributed by atoms with Crippen molar-refractivity contribution >= 4 is 17.6 Å². The molecule has 2 amide bonds. The molecule has 0 aliphatic carbocycles. The van der Waals surface area contributed by atoms with E-state index in [4.69, 9.17) is 0 Å².